The van der Waals surface area contributed by atoms with E-state index >= 15 is 0 Å². The highest BCUT2D eigenvalue weighted by atomic mass is 35.5. The first-order valence-electron chi connectivity index (χ1n) is 9.07. The number of carbonyl (C=O) groups is 1. The second-order valence-corrected chi connectivity index (χ2v) is 7.88. The minimum Gasteiger partial charge on any atom is -0.436 e. The smallest absolute Gasteiger partial charge is 0.255 e. The number of nitrogens with one attached hydrogen (secondary N) is 1. The monoisotopic (exact) mass is 424 g/mol. The first-order valence-corrected chi connectivity index (χ1v) is 9.82. The quantitative estimate of drug-likeness (QED) is 0.385. The molecule has 3 aromatic carbocycles. The van der Waals surface area contributed by atoms with E-state index in [1.807, 2.05) is 32.9 Å². The van der Waals surface area contributed by atoms with E-state index in [9.17, 15) is 4.79 Å². The topological polar surface area (TPSA) is 55.1 Å². The zero-order valence-corrected chi connectivity index (χ0v) is 17.7. The molecule has 4 rings (SSSR count). The van der Waals surface area contributed by atoms with Crippen LogP contribution in [0.5, 0.6) is 0 Å². The Morgan fingerprint density at radius 3 is 2.48 bits per heavy atom. The highest BCUT2D eigenvalue weighted by Gasteiger charge is 2.15. The number of benzene rings is 3. The number of rotatable bonds is 3. The molecule has 1 amide bonds. The zero-order valence-electron chi connectivity index (χ0n) is 16.1. The van der Waals surface area contributed by atoms with Crippen LogP contribution in [0.15, 0.2) is 52.9 Å². The molecule has 4 aromatic rings. The second kappa shape index (κ2) is 7.54. The molecule has 0 spiro atoms. The van der Waals surface area contributed by atoms with E-state index in [1.54, 1.807) is 30.3 Å². The summed E-state index contributed by atoms with van der Waals surface area (Å²) in [5, 5.41) is 3.80. The standard InChI is InChI=1S/C23H18Cl2N2O2/c1-12-8-14(3)21-20(9-12)27-23(29-21)16-6-7-17(24)19(11-16)26-22(28)15-5-4-13(2)18(25)10-15/h4-11H,1-3H3,(H,26,28). The number of aromatic nitrogens is 1. The number of fused-ring (bicyclic) bond motifs is 1. The molecule has 0 aliphatic heterocycles. The molecule has 6 heteroatoms. The van der Waals surface area contributed by atoms with Crippen LogP contribution in [0.4, 0.5) is 5.69 Å². The first-order chi connectivity index (χ1) is 13.8. The number of anilines is 1. The van der Waals surface area contributed by atoms with Crippen molar-refractivity contribution in [2.24, 2.45) is 0 Å². The summed E-state index contributed by atoms with van der Waals surface area (Å²) < 4.78 is 5.97. The van der Waals surface area contributed by atoms with Crippen molar-refractivity contribution in [3.05, 3.63) is 80.8 Å². The predicted molar refractivity (Wildman–Crippen MR) is 118 cm³/mol. The molecule has 4 nitrogen and oxygen atoms in total. The van der Waals surface area contributed by atoms with E-state index in [2.05, 4.69) is 16.4 Å². The van der Waals surface area contributed by atoms with Crippen molar-refractivity contribution < 1.29 is 9.21 Å². The van der Waals surface area contributed by atoms with E-state index in [0.29, 0.717) is 27.2 Å². The van der Waals surface area contributed by atoms with Gasteiger partial charge >= 0.3 is 0 Å². The lowest BCUT2D eigenvalue weighted by molar-refractivity contribution is 0.102. The lowest BCUT2D eigenvalue weighted by Crippen LogP contribution is -2.12. The molecular weight excluding hydrogens is 407 g/mol. The van der Waals surface area contributed by atoms with Gasteiger partial charge in [-0.1, -0.05) is 35.3 Å². The zero-order chi connectivity index (χ0) is 20.7. The van der Waals surface area contributed by atoms with Crippen LogP contribution in [0.1, 0.15) is 27.0 Å². The highest BCUT2D eigenvalue weighted by Crippen LogP contribution is 2.32. The van der Waals surface area contributed by atoms with E-state index in [0.717, 1.165) is 33.4 Å². The third-order valence-corrected chi connectivity index (χ3v) is 5.45. The lowest BCUT2D eigenvalue weighted by atomic mass is 10.1. The van der Waals surface area contributed by atoms with Gasteiger partial charge in [0.2, 0.25) is 5.89 Å². The van der Waals surface area contributed by atoms with Gasteiger partial charge in [0.15, 0.2) is 5.58 Å². The van der Waals surface area contributed by atoms with Crippen LogP contribution in [0, 0.1) is 20.8 Å². The summed E-state index contributed by atoms with van der Waals surface area (Å²) in [6, 6.07) is 14.5. The number of carbonyl (C=O) groups excluding carboxylic acids is 1. The van der Waals surface area contributed by atoms with E-state index in [1.165, 1.54) is 0 Å². The second-order valence-electron chi connectivity index (χ2n) is 7.06. The third-order valence-electron chi connectivity index (χ3n) is 4.72. The van der Waals surface area contributed by atoms with Crippen molar-refractivity contribution in [2.45, 2.75) is 20.8 Å². The lowest BCUT2D eigenvalue weighted by Gasteiger charge is -2.09. The molecule has 0 bridgehead atoms. The Labute approximate surface area is 178 Å². The van der Waals surface area contributed by atoms with Gasteiger partial charge in [0.25, 0.3) is 5.91 Å². The number of nitrogens with zero attached hydrogens (tertiary/aromatic N) is 1. The SMILES string of the molecule is Cc1cc(C)c2oc(-c3ccc(Cl)c(NC(=O)c4ccc(C)c(Cl)c4)c3)nc2c1. The molecule has 1 heterocycles. The Balaban J connectivity index is 1.68. The maximum atomic E-state index is 12.6. The molecular formula is C23H18Cl2N2O2. The number of oxazole rings is 1. The number of hydrogen-bond acceptors (Lipinski definition) is 3. The fourth-order valence-electron chi connectivity index (χ4n) is 3.18. The minimum atomic E-state index is -0.296. The summed E-state index contributed by atoms with van der Waals surface area (Å²) in [4.78, 5) is 17.2. The van der Waals surface area contributed by atoms with Gasteiger partial charge in [0.1, 0.15) is 5.52 Å². The first kappa shape index (κ1) is 19.5. The van der Waals surface area contributed by atoms with Crippen LogP contribution < -0.4 is 5.32 Å². The summed E-state index contributed by atoms with van der Waals surface area (Å²) in [7, 11) is 0. The van der Waals surface area contributed by atoms with Crippen LogP contribution in [0.25, 0.3) is 22.6 Å². The number of amides is 1. The van der Waals surface area contributed by atoms with Crippen molar-refractivity contribution in [3.63, 3.8) is 0 Å². The summed E-state index contributed by atoms with van der Waals surface area (Å²) in [6.07, 6.45) is 0. The molecule has 1 aromatic heterocycles. The van der Waals surface area contributed by atoms with Gasteiger partial charge in [-0.05, 0) is 73.9 Å². The molecule has 1 N–H and O–H groups in total. The number of hydrogen-bond donors (Lipinski definition) is 1. The Hall–Kier alpha value is -2.82. The molecule has 0 radical (unpaired) electrons. The van der Waals surface area contributed by atoms with Crippen LogP contribution in [-0.4, -0.2) is 10.9 Å². The maximum Gasteiger partial charge on any atom is 0.255 e. The number of aryl methyl sites for hydroxylation is 3. The maximum absolute atomic E-state index is 12.6. The van der Waals surface area contributed by atoms with E-state index in [-0.39, 0.29) is 5.91 Å². The molecule has 0 aliphatic carbocycles. The minimum absolute atomic E-state index is 0.296. The normalized spacial score (nSPS) is 11.1. The average molecular weight is 425 g/mol. The number of halogens is 2. The van der Waals surface area contributed by atoms with Crippen molar-refractivity contribution in [3.8, 4) is 11.5 Å². The van der Waals surface area contributed by atoms with E-state index < -0.39 is 0 Å². The van der Waals surface area contributed by atoms with Gasteiger partial charge in [-0.3, -0.25) is 4.79 Å². The third kappa shape index (κ3) is 3.86. The molecule has 0 aliphatic rings. The van der Waals surface area contributed by atoms with E-state index in [4.69, 9.17) is 27.6 Å². The van der Waals surface area contributed by atoms with Crippen LogP contribution in [-0.2, 0) is 0 Å². The molecule has 0 saturated carbocycles. The van der Waals surface area contributed by atoms with Gasteiger partial charge in [-0.2, -0.15) is 0 Å². The Morgan fingerprint density at radius 1 is 0.931 bits per heavy atom. The van der Waals surface area contributed by atoms with Crippen LogP contribution >= 0.6 is 23.2 Å². The van der Waals surface area contributed by atoms with Crippen LogP contribution in [0.2, 0.25) is 10.0 Å². The van der Waals surface area contributed by atoms with Crippen LogP contribution in [0.3, 0.4) is 0 Å². The average Bonchev–Trinajstić information content (AvgIpc) is 3.10. The Morgan fingerprint density at radius 2 is 1.72 bits per heavy atom. The largest absolute Gasteiger partial charge is 0.436 e. The summed E-state index contributed by atoms with van der Waals surface area (Å²) in [5.74, 6) is 0.175. The van der Waals surface area contributed by atoms with Gasteiger partial charge in [0, 0.05) is 16.1 Å². The molecule has 0 fully saturated rings. The molecule has 146 valence electrons. The predicted octanol–water partition coefficient (Wildman–Crippen LogP) is 6.98. The Kier molecular flexibility index (Phi) is 5.07. The van der Waals surface area contributed by atoms with Gasteiger partial charge < -0.3 is 9.73 Å². The summed E-state index contributed by atoms with van der Waals surface area (Å²) in [5.41, 5.74) is 6.25. The summed E-state index contributed by atoms with van der Waals surface area (Å²) >= 11 is 12.4. The van der Waals surface area contributed by atoms with Crippen molar-refractivity contribution in [1.29, 1.82) is 0 Å². The van der Waals surface area contributed by atoms with Gasteiger partial charge in [-0.25, -0.2) is 4.98 Å². The molecule has 0 atom stereocenters. The van der Waals surface area contributed by atoms with Gasteiger partial charge in [0.05, 0.1) is 10.7 Å². The molecule has 0 saturated heterocycles. The molecule has 29 heavy (non-hydrogen) atoms. The molecule has 0 unspecified atom stereocenters. The van der Waals surface area contributed by atoms with Crippen molar-refractivity contribution >= 4 is 45.9 Å². The fourth-order valence-corrected chi connectivity index (χ4v) is 3.53. The Bertz CT molecular complexity index is 1260. The highest BCUT2D eigenvalue weighted by molar-refractivity contribution is 6.34. The van der Waals surface area contributed by atoms with Crippen molar-refractivity contribution in [2.75, 3.05) is 5.32 Å². The van der Waals surface area contributed by atoms with Gasteiger partial charge in [-0.15, -0.1) is 0 Å². The summed E-state index contributed by atoms with van der Waals surface area (Å²) in [6.45, 7) is 5.90. The van der Waals surface area contributed by atoms with Crippen molar-refractivity contribution in [1.82, 2.24) is 4.98 Å². The fraction of sp³-hybridized carbons (Fsp3) is 0.130.